The second-order valence-corrected chi connectivity index (χ2v) is 4.83. The Bertz CT molecular complexity index is 309. The van der Waals surface area contributed by atoms with Crippen LogP contribution < -0.4 is 10.1 Å². The predicted molar refractivity (Wildman–Crippen MR) is 69.0 cm³/mol. The second-order valence-electron chi connectivity index (χ2n) is 4.83. The Morgan fingerprint density at radius 2 is 2.00 bits per heavy atom. The van der Waals surface area contributed by atoms with E-state index in [1.807, 2.05) is 12.1 Å². The van der Waals surface area contributed by atoms with Gasteiger partial charge in [0, 0.05) is 6.04 Å². The molecule has 1 N–H and O–H groups in total. The smallest absolute Gasteiger partial charge is 0.119 e. The van der Waals surface area contributed by atoms with E-state index in [1.165, 1.54) is 5.56 Å². The van der Waals surface area contributed by atoms with Crippen LogP contribution in [0.25, 0.3) is 0 Å². The number of hydrogen-bond donors (Lipinski definition) is 1. The predicted octanol–water partition coefficient (Wildman–Crippen LogP) is 3.01. The molecule has 0 spiro atoms. The van der Waals surface area contributed by atoms with E-state index in [4.69, 9.17) is 4.74 Å². The largest absolute Gasteiger partial charge is 0.492 e. The quantitative estimate of drug-likeness (QED) is 0.797. The highest BCUT2D eigenvalue weighted by Crippen LogP contribution is 2.12. The van der Waals surface area contributed by atoms with Crippen molar-refractivity contribution < 1.29 is 4.74 Å². The van der Waals surface area contributed by atoms with E-state index in [0.717, 1.165) is 18.9 Å². The van der Waals surface area contributed by atoms with Crippen molar-refractivity contribution in [1.82, 2.24) is 5.32 Å². The molecule has 16 heavy (non-hydrogen) atoms. The molecule has 0 saturated carbocycles. The van der Waals surface area contributed by atoms with E-state index in [1.54, 1.807) is 0 Å². The Morgan fingerprint density at radius 1 is 1.25 bits per heavy atom. The van der Waals surface area contributed by atoms with Gasteiger partial charge < -0.3 is 10.1 Å². The monoisotopic (exact) mass is 221 g/mol. The summed E-state index contributed by atoms with van der Waals surface area (Å²) in [5.41, 5.74) is 1.24. The van der Waals surface area contributed by atoms with Crippen LogP contribution in [0.1, 0.15) is 26.3 Å². The van der Waals surface area contributed by atoms with Crippen LogP contribution in [0.15, 0.2) is 24.3 Å². The molecule has 0 bridgehead atoms. The zero-order chi connectivity index (χ0) is 12.0. The minimum absolute atomic E-state index is 0.392. The third-order valence-electron chi connectivity index (χ3n) is 2.36. The van der Waals surface area contributed by atoms with Crippen molar-refractivity contribution in [2.45, 2.75) is 33.7 Å². The maximum absolute atomic E-state index is 5.72. The SMILES string of the molecule is Cc1cccc(OCC(C)NCC(C)C)c1. The zero-order valence-corrected chi connectivity index (χ0v) is 10.8. The molecule has 0 fully saturated rings. The number of benzene rings is 1. The van der Waals surface area contributed by atoms with E-state index < -0.39 is 0 Å². The van der Waals surface area contributed by atoms with Crippen LogP contribution in [0, 0.1) is 12.8 Å². The van der Waals surface area contributed by atoms with Gasteiger partial charge in [-0.05, 0) is 44.0 Å². The Hall–Kier alpha value is -1.02. The average Bonchev–Trinajstić information content (AvgIpc) is 2.23. The van der Waals surface area contributed by atoms with Gasteiger partial charge in [-0.3, -0.25) is 0 Å². The van der Waals surface area contributed by atoms with Crippen LogP contribution in [0.5, 0.6) is 5.75 Å². The summed E-state index contributed by atoms with van der Waals surface area (Å²) in [7, 11) is 0. The molecular formula is C14H23NO. The molecule has 2 heteroatoms. The summed E-state index contributed by atoms with van der Waals surface area (Å²) in [6, 6.07) is 8.56. The first-order valence-electron chi connectivity index (χ1n) is 6.00. The van der Waals surface area contributed by atoms with Gasteiger partial charge in [-0.25, -0.2) is 0 Å². The highest BCUT2D eigenvalue weighted by atomic mass is 16.5. The Labute approximate surface area is 99.0 Å². The van der Waals surface area contributed by atoms with Crippen LogP contribution >= 0.6 is 0 Å². The summed E-state index contributed by atoms with van der Waals surface area (Å²) >= 11 is 0. The van der Waals surface area contributed by atoms with Gasteiger partial charge in [-0.15, -0.1) is 0 Å². The Balaban J connectivity index is 2.28. The molecule has 1 rings (SSSR count). The minimum Gasteiger partial charge on any atom is -0.492 e. The number of nitrogens with one attached hydrogen (secondary N) is 1. The van der Waals surface area contributed by atoms with Crippen LogP contribution in [0.3, 0.4) is 0 Å². The van der Waals surface area contributed by atoms with Gasteiger partial charge in [0.2, 0.25) is 0 Å². The van der Waals surface area contributed by atoms with Crippen molar-refractivity contribution in [3.63, 3.8) is 0 Å². The molecule has 0 saturated heterocycles. The lowest BCUT2D eigenvalue weighted by Crippen LogP contribution is -2.34. The standard InChI is InChI=1S/C14H23NO/c1-11(2)9-15-13(4)10-16-14-7-5-6-12(3)8-14/h5-8,11,13,15H,9-10H2,1-4H3. The molecule has 0 aromatic heterocycles. The molecule has 0 aliphatic heterocycles. The third-order valence-corrected chi connectivity index (χ3v) is 2.36. The van der Waals surface area contributed by atoms with E-state index in [9.17, 15) is 0 Å². The summed E-state index contributed by atoms with van der Waals surface area (Å²) in [6.07, 6.45) is 0. The molecule has 0 amide bonds. The molecule has 1 atom stereocenters. The molecule has 0 heterocycles. The lowest BCUT2D eigenvalue weighted by atomic mass is 10.2. The molecule has 1 aromatic carbocycles. The Morgan fingerprint density at radius 3 is 2.62 bits per heavy atom. The molecule has 1 unspecified atom stereocenters. The van der Waals surface area contributed by atoms with Crippen molar-refractivity contribution >= 4 is 0 Å². The van der Waals surface area contributed by atoms with Gasteiger partial charge in [0.1, 0.15) is 12.4 Å². The molecular weight excluding hydrogens is 198 g/mol. The number of aryl methyl sites for hydroxylation is 1. The van der Waals surface area contributed by atoms with Gasteiger partial charge in [0.25, 0.3) is 0 Å². The molecule has 0 aliphatic rings. The van der Waals surface area contributed by atoms with Crippen molar-refractivity contribution in [3.8, 4) is 5.75 Å². The molecule has 1 aromatic rings. The highest BCUT2D eigenvalue weighted by Gasteiger charge is 2.03. The van der Waals surface area contributed by atoms with Crippen LogP contribution in [0.2, 0.25) is 0 Å². The van der Waals surface area contributed by atoms with Crippen molar-refractivity contribution in [3.05, 3.63) is 29.8 Å². The number of hydrogen-bond acceptors (Lipinski definition) is 2. The molecule has 0 radical (unpaired) electrons. The van der Waals surface area contributed by atoms with E-state index in [0.29, 0.717) is 12.0 Å². The first kappa shape index (κ1) is 13.0. The summed E-state index contributed by atoms with van der Waals surface area (Å²) in [6.45, 7) is 10.4. The van der Waals surface area contributed by atoms with Gasteiger partial charge in [0.15, 0.2) is 0 Å². The zero-order valence-electron chi connectivity index (χ0n) is 10.8. The first-order valence-corrected chi connectivity index (χ1v) is 6.00. The fourth-order valence-corrected chi connectivity index (χ4v) is 1.42. The van der Waals surface area contributed by atoms with Crippen LogP contribution in [-0.4, -0.2) is 19.2 Å². The second kappa shape index (κ2) is 6.54. The summed E-state index contributed by atoms with van der Waals surface area (Å²) in [4.78, 5) is 0. The fraction of sp³-hybridized carbons (Fsp3) is 0.571. The fourth-order valence-electron chi connectivity index (χ4n) is 1.42. The maximum Gasteiger partial charge on any atom is 0.119 e. The van der Waals surface area contributed by atoms with E-state index in [-0.39, 0.29) is 0 Å². The Kier molecular flexibility index (Phi) is 5.33. The summed E-state index contributed by atoms with van der Waals surface area (Å²) < 4.78 is 5.72. The number of rotatable bonds is 6. The van der Waals surface area contributed by atoms with Gasteiger partial charge in [-0.1, -0.05) is 26.0 Å². The van der Waals surface area contributed by atoms with Crippen LogP contribution in [-0.2, 0) is 0 Å². The molecule has 90 valence electrons. The van der Waals surface area contributed by atoms with E-state index >= 15 is 0 Å². The van der Waals surface area contributed by atoms with Crippen molar-refractivity contribution in [2.24, 2.45) is 5.92 Å². The maximum atomic E-state index is 5.72. The van der Waals surface area contributed by atoms with Crippen LogP contribution in [0.4, 0.5) is 0 Å². The number of ether oxygens (including phenoxy) is 1. The average molecular weight is 221 g/mol. The normalized spacial score (nSPS) is 12.8. The van der Waals surface area contributed by atoms with Gasteiger partial charge in [-0.2, -0.15) is 0 Å². The summed E-state index contributed by atoms with van der Waals surface area (Å²) in [5, 5.41) is 3.44. The lowest BCUT2D eigenvalue weighted by molar-refractivity contribution is 0.269. The molecule has 0 aliphatic carbocycles. The summed E-state index contributed by atoms with van der Waals surface area (Å²) in [5.74, 6) is 1.64. The van der Waals surface area contributed by atoms with Gasteiger partial charge in [0.05, 0.1) is 0 Å². The van der Waals surface area contributed by atoms with Crippen molar-refractivity contribution in [1.29, 1.82) is 0 Å². The third kappa shape index (κ3) is 5.17. The highest BCUT2D eigenvalue weighted by molar-refractivity contribution is 5.27. The van der Waals surface area contributed by atoms with Crippen molar-refractivity contribution in [2.75, 3.05) is 13.2 Å². The lowest BCUT2D eigenvalue weighted by Gasteiger charge is -2.16. The minimum atomic E-state index is 0.392. The van der Waals surface area contributed by atoms with Gasteiger partial charge >= 0.3 is 0 Å². The molecule has 2 nitrogen and oxygen atoms in total. The van der Waals surface area contributed by atoms with E-state index in [2.05, 4.69) is 45.1 Å². The topological polar surface area (TPSA) is 21.3 Å². The first-order chi connectivity index (χ1) is 7.58.